The average Bonchev–Trinajstić information content (AvgIpc) is 3.34. The second kappa shape index (κ2) is 10.7. The van der Waals surface area contributed by atoms with Crippen molar-refractivity contribution in [3.63, 3.8) is 0 Å². The Morgan fingerprint density at radius 2 is 2.18 bits per heavy atom. The molecule has 0 amide bonds. The van der Waals surface area contributed by atoms with E-state index in [1.807, 2.05) is 19.9 Å². The molecule has 0 aliphatic carbocycles. The van der Waals surface area contributed by atoms with Crippen molar-refractivity contribution >= 4 is 17.0 Å². The number of fused-ring (bicyclic) bond motifs is 1. The molecular weight excluding hydrogens is 437 g/mol. The largest absolute Gasteiger partial charge is 0.473 e. The molecule has 2 atom stereocenters. The molecule has 3 aromatic rings. The second-order valence-electron chi connectivity index (χ2n) is 8.62. The normalized spacial score (nSPS) is 17.3. The molecule has 9 heteroatoms. The van der Waals surface area contributed by atoms with Crippen molar-refractivity contribution in [1.82, 2.24) is 24.9 Å². The lowest BCUT2D eigenvalue weighted by Gasteiger charge is -2.23. The maximum absolute atomic E-state index is 15.8. The summed E-state index contributed by atoms with van der Waals surface area (Å²) in [6.07, 6.45) is 4.28. The number of methoxy groups -OCH3 is 1. The molecule has 1 unspecified atom stereocenters. The summed E-state index contributed by atoms with van der Waals surface area (Å²) in [5.74, 6) is 0.119. The Kier molecular flexibility index (Phi) is 7.65. The summed E-state index contributed by atoms with van der Waals surface area (Å²) in [4.78, 5) is 0. The molecule has 4 rings (SSSR count). The van der Waals surface area contributed by atoms with Crippen molar-refractivity contribution in [2.24, 2.45) is 7.05 Å². The van der Waals surface area contributed by atoms with Crippen LogP contribution in [-0.4, -0.2) is 52.5 Å². The van der Waals surface area contributed by atoms with E-state index in [1.54, 1.807) is 29.6 Å². The first-order valence-corrected chi connectivity index (χ1v) is 11.9. The Balaban J connectivity index is 1.84. The van der Waals surface area contributed by atoms with Gasteiger partial charge in [0.05, 0.1) is 23.4 Å². The molecule has 1 aliphatic heterocycles. The molecule has 0 radical (unpaired) electrons. The number of aryl methyl sites for hydroxylation is 1. The molecule has 0 spiro atoms. The first-order chi connectivity index (χ1) is 16.5. The first kappa shape index (κ1) is 24.4. The highest BCUT2D eigenvalue weighted by atomic mass is 19.1. The molecule has 8 nitrogen and oxygen atoms in total. The molecule has 0 saturated carbocycles. The van der Waals surface area contributed by atoms with E-state index >= 15 is 4.39 Å². The summed E-state index contributed by atoms with van der Waals surface area (Å²) in [5, 5.41) is 13.3. The Labute approximate surface area is 199 Å². The van der Waals surface area contributed by atoms with Crippen LogP contribution in [0.3, 0.4) is 0 Å². The fourth-order valence-electron chi connectivity index (χ4n) is 4.44. The Hall–Kier alpha value is -2.75. The predicted octanol–water partition coefficient (Wildman–Crippen LogP) is 4.44. The zero-order chi connectivity index (χ0) is 24.2. The number of nitrogens with zero attached hydrogens (tertiary/aromatic N) is 4. The lowest BCUT2D eigenvalue weighted by Crippen LogP contribution is -2.29. The fourth-order valence-corrected chi connectivity index (χ4v) is 4.44. The highest BCUT2D eigenvalue weighted by molar-refractivity contribution is 5.92. The van der Waals surface area contributed by atoms with Crippen molar-refractivity contribution < 1.29 is 18.6 Å². The molecule has 2 aromatic heterocycles. The van der Waals surface area contributed by atoms with E-state index < -0.39 is 0 Å². The van der Waals surface area contributed by atoms with Crippen molar-refractivity contribution in [3.8, 4) is 17.0 Å². The average molecular weight is 472 g/mol. The molecule has 3 heterocycles. The number of aromatic nitrogens is 4. The van der Waals surface area contributed by atoms with Crippen LogP contribution in [0.2, 0.25) is 0 Å². The quantitative estimate of drug-likeness (QED) is 0.471. The van der Waals surface area contributed by atoms with E-state index in [9.17, 15) is 0 Å². The zero-order valence-corrected chi connectivity index (χ0v) is 20.4. The summed E-state index contributed by atoms with van der Waals surface area (Å²) in [6.45, 7) is 10.3. The first-order valence-electron chi connectivity index (χ1n) is 11.9. The number of halogens is 1. The van der Waals surface area contributed by atoms with E-state index in [1.165, 1.54) is 6.07 Å². The van der Waals surface area contributed by atoms with Crippen molar-refractivity contribution in [3.05, 3.63) is 35.9 Å². The monoisotopic (exact) mass is 471 g/mol. The fraction of sp³-hybridized carbons (Fsp3) is 0.520. The standard InChI is InChI=1S/C25H34FN5O3/c1-6-20-18-12-17(19(26)13-22(18)31(29-20)23-10-8-9-11-33-23)24-21(15-32-5)28-30(4)25(24)34-16(3)14-27-7-2/h6,12-13,16,23,27H,1,7-11,14-15H2,2-5H3/t16-,23?/m0/s1. The highest BCUT2D eigenvalue weighted by Crippen LogP contribution is 2.39. The number of benzene rings is 1. The van der Waals surface area contributed by atoms with Gasteiger partial charge in [0.15, 0.2) is 6.23 Å². The minimum atomic E-state index is -0.380. The summed E-state index contributed by atoms with van der Waals surface area (Å²) in [7, 11) is 3.39. The van der Waals surface area contributed by atoms with Gasteiger partial charge in [-0.25, -0.2) is 13.8 Å². The molecular formula is C25H34FN5O3. The van der Waals surface area contributed by atoms with Gasteiger partial charge in [-0.15, -0.1) is 0 Å². The molecule has 0 bridgehead atoms. The lowest BCUT2D eigenvalue weighted by atomic mass is 10.0. The number of rotatable bonds is 10. The number of hydrogen-bond acceptors (Lipinski definition) is 6. The number of likely N-dealkylation sites (N-methyl/N-ethyl adjacent to an activating group) is 1. The van der Waals surface area contributed by atoms with Gasteiger partial charge >= 0.3 is 0 Å². The van der Waals surface area contributed by atoms with Crippen LogP contribution in [-0.2, 0) is 23.1 Å². The van der Waals surface area contributed by atoms with Crippen molar-refractivity contribution in [2.75, 3.05) is 26.8 Å². The van der Waals surface area contributed by atoms with Crippen LogP contribution in [0.1, 0.15) is 50.7 Å². The third-order valence-electron chi connectivity index (χ3n) is 6.06. The van der Waals surface area contributed by atoms with Gasteiger partial charge in [-0.3, -0.25) is 0 Å². The smallest absolute Gasteiger partial charge is 0.220 e. The van der Waals surface area contributed by atoms with Gasteiger partial charge < -0.3 is 19.5 Å². The van der Waals surface area contributed by atoms with Crippen molar-refractivity contribution in [2.45, 2.75) is 52.0 Å². The summed E-state index contributed by atoms with van der Waals surface area (Å²) in [5.41, 5.74) is 2.96. The van der Waals surface area contributed by atoms with Gasteiger partial charge in [0.25, 0.3) is 0 Å². The lowest BCUT2D eigenvalue weighted by molar-refractivity contribution is -0.0367. The van der Waals surface area contributed by atoms with Crippen LogP contribution >= 0.6 is 0 Å². The molecule has 1 saturated heterocycles. The molecule has 34 heavy (non-hydrogen) atoms. The summed E-state index contributed by atoms with van der Waals surface area (Å²) < 4.78 is 36.7. The minimum Gasteiger partial charge on any atom is -0.473 e. The number of ether oxygens (including phenoxy) is 3. The molecule has 1 aliphatic rings. The van der Waals surface area contributed by atoms with Gasteiger partial charge in [0.1, 0.15) is 17.6 Å². The molecule has 1 aromatic carbocycles. The Morgan fingerprint density at radius 3 is 2.85 bits per heavy atom. The van der Waals surface area contributed by atoms with Gasteiger partial charge in [-0.2, -0.15) is 10.2 Å². The maximum Gasteiger partial charge on any atom is 0.220 e. The minimum absolute atomic E-state index is 0.133. The SMILES string of the molecule is C=Cc1nn(C2CCCCO2)c2cc(F)c(-c3c(COC)nn(C)c3O[C@@H](C)CNCC)cc12. The molecule has 184 valence electrons. The van der Waals surface area contributed by atoms with E-state index in [0.29, 0.717) is 47.1 Å². The van der Waals surface area contributed by atoms with Gasteiger partial charge in [-0.1, -0.05) is 13.5 Å². The van der Waals surface area contributed by atoms with Crippen LogP contribution < -0.4 is 10.1 Å². The van der Waals surface area contributed by atoms with Crippen LogP contribution in [0.15, 0.2) is 18.7 Å². The van der Waals surface area contributed by atoms with Gasteiger partial charge in [-0.05, 0) is 44.9 Å². The second-order valence-corrected chi connectivity index (χ2v) is 8.62. The van der Waals surface area contributed by atoms with Gasteiger partial charge in [0.2, 0.25) is 5.88 Å². The van der Waals surface area contributed by atoms with E-state index in [-0.39, 0.29) is 24.8 Å². The number of hydrogen-bond donors (Lipinski definition) is 1. The topological polar surface area (TPSA) is 75.4 Å². The predicted molar refractivity (Wildman–Crippen MR) is 130 cm³/mol. The number of nitrogens with one attached hydrogen (secondary N) is 1. The Morgan fingerprint density at radius 1 is 1.35 bits per heavy atom. The maximum atomic E-state index is 15.8. The molecule has 1 N–H and O–H groups in total. The van der Waals surface area contributed by atoms with E-state index in [4.69, 9.17) is 19.3 Å². The third kappa shape index (κ3) is 4.73. The zero-order valence-electron chi connectivity index (χ0n) is 20.4. The Bertz CT molecular complexity index is 1150. The third-order valence-corrected chi connectivity index (χ3v) is 6.06. The highest BCUT2D eigenvalue weighted by Gasteiger charge is 2.27. The van der Waals surface area contributed by atoms with Gasteiger partial charge in [0, 0.05) is 44.3 Å². The van der Waals surface area contributed by atoms with E-state index in [2.05, 4.69) is 17.0 Å². The van der Waals surface area contributed by atoms with Crippen LogP contribution in [0.4, 0.5) is 4.39 Å². The van der Waals surface area contributed by atoms with Crippen LogP contribution in [0.25, 0.3) is 28.1 Å². The molecule has 1 fully saturated rings. The van der Waals surface area contributed by atoms with Crippen LogP contribution in [0, 0.1) is 5.82 Å². The summed E-state index contributed by atoms with van der Waals surface area (Å²) in [6, 6.07) is 3.34. The van der Waals surface area contributed by atoms with Crippen molar-refractivity contribution in [1.29, 1.82) is 0 Å². The van der Waals surface area contributed by atoms with Crippen LogP contribution in [0.5, 0.6) is 5.88 Å². The van der Waals surface area contributed by atoms with E-state index in [0.717, 1.165) is 31.2 Å². The summed E-state index contributed by atoms with van der Waals surface area (Å²) >= 11 is 0.